The zero-order valence-electron chi connectivity index (χ0n) is 23.1. The minimum Gasteiger partial charge on any atom is -0.354 e. The van der Waals surface area contributed by atoms with Gasteiger partial charge in [0.15, 0.2) is 0 Å². The number of alkyl halides is 3. The molecule has 216 valence electrons. The van der Waals surface area contributed by atoms with Crippen LogP contribution in [0.5, 0.6) is 0 Å². The Hall–Kier alpha value is -3.08. The topological polar surface area (TPSA) is 86.8 Å². The van der Waals surface area contributed by atoms with Crippen molar-refractivity contribution in [3.05, 3.63) is 65.2 Å². The number of hydrogen-bond acceptors (Lipinski definition) is 4. The normalized spacial score (nSPS) is 12.7. The fourth-order valence-electron chi connectivity index (χ4n) is 4.19. The summed E-state index contributed by atoms with van der Waals surface area (Å²) < 4.78 is 65.4. The first-order valence-corrected chi connectivity index (χ1v) is 14.8. The number of sulfonamides is 1. The van der Waals surface area contributed by atoms with E-state index in [4.69, 9.17) is 0 Å². The Kier molecular flexibility index (Phi) is 11.4. The van der Waals surface area contributed by atoms with Crippen LogP contribution in [0.2, 0.25) is 0 Å². The second kappa shape index (κ2) is 13.8. The van der Waals surface area contributed by atoms with Crippen LogP contribution in [-0.2, 0) is 32.3 Å². The molecule has 0 radical (unpaired) electrons. The Labute approximate surface area is 229 Å². The highest BCUT2D eigenvalue weighted by Crippen LogP contribution is 2.32. The van der Waals surface area contributed by atoms with E-state index in [9.17, 15) is 31.2 Å². The van der Waals surface area contributed by atoms with E-state index < -0.39 is 27.8 Å². The predicted octanol–water partition coefficient (Wildman–Crippen LogP) is 5.14. The Bertz CT molecular complexity index is 1230. The number of carbonyl (C=O) groups excluding carboxylic acids is 2. The number of benzene rings is 2. The van der Waals surface area contributed by atoms with Crippen LogP contribution in [0.1, 0.15) is 56.7 Å². The quantitative estimate of drug-likeness (QED) is 0.362. The first kappa shape index (κ1) is 32.1. The number of hydrogen-bond donors (Lipinski definition) is 1. The Balaban J connectivity index is 2.25. The fourth-order valence-corrected chi connectivity index (χ4v) is 5.15. The number of nitrogens with one attached hydrogen (secondary N) is 1. The van der Waals surface area contributed by atoms with Crippen molar-refractivity contribution in [2.24, 2.45) is 5.92 Å². The summed E-state index contributed by atoms with van der Waals surface area (Å²) in [5.74, 6) is -0.389. The summed E-state index contributed by atoms with van der Waals surface area (Å²) >= 11 is 0. The summed E-state index contributed by atoms with van der Waals surface area (Å²) in [7, 11) is -3.92. The summed E-state index contributed by atoms with van der Waals surface area (Å²) in [5, 5.41) is 2.89. The van der Waals surface area contributed by atoms with Crippen LogP contribution >= 0.6 is 0 Å². The highest BCUT2D eigenvalue weighted by Gasteiger charge is 2.32. The smallest absolute Gasteiger partial charge is 0.354 e. The fraction of sp³-hybridized carbons (Fsp3) is 0.500. The molecule has 1 atom stereocenters. The van der Waals surface area contributed by atoms with Crippen molar-refractivity contribution in [3.8, 4) is 0 Å². The van der Waals surface area contributed by atoms with Gasteiger partial charge < -0.3 is 10.2 Å². The third kappa shape index (κ3) is 9.87. The highest BCUT2D eigenvalue weighted by molar-refractivity contribution is 7.92. The molecule has 0 aliphatic carbocycles. The van der Waals surface area contributed by atoms with Gasteiger partial charge in [-0.25, -0.2) is 8.42 Å². The number of nitrogens with zero attached hydrogens (tertiary/aromatic N) is 2. The minimum atomic E-state index is -4.63. The van der Waals surface area contributed by atoms with E-state index in [0.29, 0.717) is 13.0 Å². The van der Waals surface area contributed by atoms with Crippen molar-refractivity contribution in [2.75, 3.05) is 23.7 Å². The van der Waals surface area contributed by atoms with E-state index in [0.717, 1.165) is 39.9 Å². The molecule has 0 spiro atoms. The first-order chi connectivity index (χ1) is 18.1. The van der Waals surface area contributed by atoms with Crippen molar-refractivity contribution in [1.82, 2.24) is 10.2 Å². The summed E-state index contributed by atoms with van der Waals surface area (Å²) in [6, 6.07) is 10.9. The van der Waals surface area contributed by atoms with Gasteiger partial charge in [0.25, 0.3) is 0 Å². The molecule has 2 aromatic carbocycles. The van der Waals surface area contributed by atoms with Crippen LogP contribution < -0.4 is 9.62 Å². The van der Waals surface area contributed by atoms with Crippen molar-refractivity contribution in [1.29, 1.82) is 0 Å². The van der Waals surface area contributed by atoms with Crippen LogP contribution in [0, 0.1) is 12.8 Å². The average Bonchev–Trinajstić information content (AvgIpc) is 2.84. The molecule has 7 nitrogen and oxygen atoms in total. The van der Waals surface area contributed by atoms with E-state index in [1.54, 1.807) is 0 Å². The molecule has 0 aliphatic rings. The molecule has 2 aromatic rings. The zero-order valence-corrected chi connectivity index (χ0v) is 23.9. The van der Waals surface area contributed by atoms with E-state index in [-0.39, 0.29) is 49.4 Å². The maximum Gasteiger partial charge on any atom is 0.416 e. The highest BCUT2D eigenvalue weighted by atomic mass is 32.2. The SMILES string of the molecule is CC[C@H](C(=O)NCC(C)C)N(Cc1cccc(C)c1)C(=O)CCCN(c1cccc(C(F)(F)F)c1)S(C)(=O)=O. The molecular weight excluding hydrogens is 531 g/mol. The van der Waals surface area contributed by atoms with Crippen LogP contribution in [0.15, 0.2) is 48.5 Å². The van der Waals surface area contributed by atoms with Gasteiger partial charge in [-0.2, -0.15) is 13.2 Å². The van der Waals surface area contributed by atoms with E-state index in [2.05, 4.69) is 5.32 Å². The zero-order chi connectivity index (χ0) is 29.4. The van der Waals surface area contributed by atoms with Gasteiger partial charge in [0.2, 0.25) is 21.8 Å². The molecule has 0 unspecified atom stereocenters. The van der Waals surface area contributed by atoms with Gasteiger partial charge >= 0.3 is 6.18 Å². The lowest BCUT2D eigenvalue weighted by molar-refractivity contribution is -0.141. The molecule has 1 N–H and O–H groups in total. The van der Waals surface area contributed by atoms with Gasteiger partial charge in [-0.15, -0.1) is 0 Å². The standard InChI is InChI=1S/C28H38F3N3O4S/c1-6-25(27(36)32-18-20(2)3)33(19-22-11-7-10-21(4)16-22)26(35)14-9-15-34(39(5,37)38)24-13-8-12-23(17-24)28(29,30)31/h7-8,10-13,16-17,20,25H,6,9,14-15,18-19H2,1-5H3,(H,32,36)/t25-/m1/s1. The molecular formula is C28H38F3N3O4S. The summed E-state index contributed by atoms with van der Waals surface area (Å²) in [4.78, 5) is 28.0. The molecule has 39 heavy (non-hydrogen) atoms. The van der Waals surface area contributed by atoms with Crippen molar-refractivity contribution >= 4 is 27.5 Å². The first-order valence-electron chi connectivity index (χ1n) is 12.9. The molecule has 0 bridgehead atoms. The predicted molar refractivity (Wildman–Crippen MR) is 147 cm³/mol. The van der Waals surface area contributed by atoms with Gasteiger partial charge in [0.1, 0.15) is 6.04 Å². The average molecular weight is 570 g/mol. The van der Waals surface area contributed by atoms with E-state index in [1.807, 2.05) is 52.0 Å². The lowest BCUT2D eigenvalue weighted by Gasteiger charge is -2.31. The number of aryl methyl sites for hydroxylation is 1. The maximum absolute atomic E-state index is 13.5. The molecule has 0 fully saturated rings. The number of anilines is 1. The second-order valence-corrected chi connectivity index (χ2v) is 12.0. The number of amides is 2. The van der Waals surface area contributed by atoms with Crippen molar-refractivity contribution in [3.63, 3.8) is 0 Å². The van der Waals surface area contributed by atoms with Crippen molar-refractivity contribution in [2.45, 2.75) is 65.7 Å². The van der Waals surface area contributed by atoms with Crippen LogP contribution in [-0.4, -0.2) is 50.5 Å². The maximum atomic E-state index is 13.5. The molecule has 0 aliphatic heterocycles. The molecule has 0 heterocycles. The molecule has 0 aromatic heterocycles. The molecule has 0 saturated carbocycles. The minimum absolute atomic E-state index is 0.0521. The third-order valence-electron chi connectivity index (χ3n) is 6.12. The molecule has 0 saturated heterocycles. The Morgan fingerprint density at radius 2 is 1.72 bits per heavy atom. The largest absolute Gasteiger partial charge is 0.416 e. The number of rotatable bonds is 13. The van der Waals surface area contributed by atoms with Gasteiger partial charge in [-0.1, -0.05) is 56.7 Å². The monoisotopic (exact) mass is 569 g/mol. The van der Waals surface area contributed by atoms with Gasteiger partial charge in [0, 0.05) is 26.1 Å². The Morgan fingerprint density at radius 1 is 1.05 bits per heavy atom. The lowest BCUT2D eigenvalue weighted by Crippen LogP contribution is -2.49. The van der Waals surface area contributed by atoms with Crippen LogP contribution in [0.4, 0.5) is 18.9 Å². The van der Waals surface area contributed by atoms with E-state index in [1.165, 1.54) is 11.0 Å². The molecule has 11 heteroatoms. The second-order valence-electron chi connectivity index (χ2n) is 10.1. The summed E-state index contributed by atoms with van der Waals surface area (Å²) in [6.07, 6.45) is -3.38. The van der Waals surface area contributed by atoms with Crippen molar-refractivity contribution < 1.29 is 31.2 Å². The molecule has 2 rings (SSSR count). The Morgan fingerprint density at radius 3 is 2.28 bits per heavy atom. The lowest BCUT2D eigenvalue weighted by atomic mass is 10.1. The molecule has 2 amide bonds. The summed E-state index contributed by atoms with van der Waals surface area (Å²) in [6.45, 7) is 8.13. The number of carbonyl (C=O) groups is 2. The van der Waals surface area contributed by atoms with Crippen LogP contribution in [0.3, 0.4) is 0 Å². The van der Waals surface area contributed by atoms with Gasteiger partial charge in [-0.3, -0.25) is 13.9 Å². The summed E-state index contributed by atoms with van der Waals surface area (Å²) in [5.41, 5.74) is 0.755. The van der Waals surface area contributed by atoms with Gasteiger partial charge in [-0.05, 0) is 49.4 Å². The van der Waals surface area contributed by atoms with Gasteiger partial charge in [0.05, 0.1) is 17.5 Å². The van der Waals surface area contributed by atoms with E-state index >= 15 is 0 Å². The number of halogens is 3. The third-order valence-corrected chi connectivity index (χ3v) is 7.31. The van der Waals surface area contributed by atoms with Crippen LogP contribution in [0.25, 0.3) is 0 Å².